The molecule has 0 saturated carbocycles. The summed E-state index contributed by atoms with van der Waals surface area (Å²) in [5.41, 5.74) is -0.448. The largest absolute Gasteiger partial charge is 0.465 e. The van der Waals surface area contributed by atoms with Gasteiger partial charge in [0, 0.05) is 16.9 Å². The van der Waals surface area contributed by atoms with E-state index in [4.69, 9.17) is 14.5 Å². The van der Waals surface area contributed by atoms with Gasteiger partial charge in [-0.2, -0.15) is 8.78 Å². The minimum atomic E-state index is -2.99. The Labute approximate surface area is 220 Å². The van der Waals surface area contributed by atoms with Crippen LogP contribution in [0.3, 0.4) is 0 Å². The average molecular weight is 544 g/mol. The van der Waals surface area contributed by atoms with Crippen molar-refractivity contribution in [3.63, 3.8) is 0 Å². The summed E-state index contributed by atoms with van der Waals surface area (Å²) in [7, 11) is 0. The second kappa shape index (κ2) is 10.8. The summed E-state index contributed by atoms with van der Waals surface area (Å²) < 4.78 is 40.7. The summed E-state index contributed by atoms with van der Waals surface area (Å²) in [5, 5.41) is 7.64. The number of hydrogen-bond donors (Lipinski definition) is 2. The Bertz CT molecular complexity index is 1340. The van der Waals surface area contributed by atoms with Gasteiger partial charge in [-0.25, -0.2) is 15.0 Å². The number of thiazole rings is 1. The lowest BCUT2D eigenvalue weighted by atomic mass is 9.79. The normalized spacial score (nSPS) is 22.6. The van der Waals surface area contributed by atoms with Crippen LogP contribution in [0.4, 0.5) is 14.6 Å². The maximum atomic E-state index is 12.7. The molecule has 3 atom stereocenters. The van der Waals surface area contributed by atoms with Gasteiger partial charge in [0.15, 0.2) is 0 Å². The van der Waals surface area contributed by atoms with Crippen LogP contribution in [0, 0.1) is 5.92 Å². The number of aromatic nitrogens is 2. The molecule has 13 heteroatoms. The van der Waals surface area contributed by atoms with Crippen LogP contribution < -0.4 is 15.4 Å². The van der Waals surface area contributed by atoms with Crippen LogP contribution in [-0.2, 0) is 15.0 Å². The van der Waals surface area contributed by atoms with Crippen molar-refractivity contribution >= 4 is 35.0 Å². The molecule has 198 valence electrons. The van der Waals surface area contributed by atoms with Gasteiger partial charge in [-0.1, -0.05) is 18.2 Å². The Morgan fingerprint density at radius 1 is 1.16 bits per heavy atom. The molecular weight excluding hydrogens is 520 g/mol. The molecule has 0 radical (unpaired) electrons. The zero-order valence-electron chi connectivity index (χ0n) is 20.1. The number of nitrogens with one attached hydrogen (secondary N) is 2. The van der Waals surface area contributed by atoms with Gasteiger partial charge >= 0.3 is 6.61 Å². The number of halogens is 2. The highest BCUT2D eigenvalue weighted by Crippen LogP contribution is 2.45. The molecule has 0 spiro atoms. The molecule has 2 aromatic heterocycles. The number of alkyl halides is 2. The first-order valence-corrected chi connectivity index (χ1v) is 12.6. The lowest BCUT2D eigenvalue weighted by Gasteiger charge is -2.44. The van der Waals surface area contributed by atoms with Crippen molar-refractivity contribution in [2.75, 3.05) is 18.5 Å². The molecule has 2 amide bonds. The van der Waals surface area contributed by atoms with Crippen LogP contribution in [0.25, 0.3) is 0 Å². The molecule has 2 aliphatic rings. The number of fused-ring (bicyclic) bond motifs is 1. The molecule has 10 nitrogen and oxygen atoms in total. The summed E-state index contributed by atoms with van der Waals surface area (Å²) in [6.45, 7) is -0.487. The number of hydrogen-bond acceptors (Lipinski definition) is 9. The Morgan fingerprint density at radius 2 is 1.97 bits per heavy atom. The number of aliphatic imine (C=N–C) groups is 1. The number of benzene rings is 1. The molecule has 2 N–H and O–H groups in total. The number of nitrogens with zero attached hydrogens (tertiary/aromatic N) is 3. The molecule has 1 aromatic carbocycles. The molecule has 5 rings (SSSR count). The summed E-state index contributed by atoms with van der Waals surface area (Å²) in [6, 6.07) is 11.3. The molecule has 1 unspecified atom stereocenters. The van der Waals surface area contributed by atoms with Crippen LogP contribution >= 0.6 is 11.3 Å². The van der Waals surface area contributed by atoms with Crippen LogP contribution in [0.2, 0.25) is 0 Å². The van der Waals surface area contributed by atoms with Crippen molar-refractivity contribution in [2.24, 2.45) is 10.9 Å². The van der Waals surface area contributed by atoms with Crippen molar-refractivity contribution in [1.29, 1.82) is 0 Å². The quantitative estimate of drug-likeness (QED) is 0.484. The molecule has 4 heterocycles. The standard InChI is InChI=1S/C25H23F2N5O5S/c1-14-9-16-11-35-24(31-20(33)15-5-3-2-4-6-15)32-25(16,13-36-14)22-30-19(12-38-22)29-21(34)18-8-7-17(10-28-18)37-23(26)27/h2-8,10,12,14,16,23H,9,11,13H2,1H3,(H,29,34)(H,31,32,33)/t14-,16-,25?/m0/s1. The second-order valence-corrected chi connectivity index (χ2v) is 9.63. The van der Waals surface area contributed by atoms with Gasteiger partial charge in [-0.15, -0.1) is 11.3 Å². The minimum Gasteiger partial charge on any atom is -0.465 e. The fraction of sp³-hybridized carbons (Fsp3) is 0.320. The van der Waals surface area contributed by atoms with Crippen molar-refractivity contribution in [3.05, 3.63) is 70.3 Å². The van der Waals surface area contributed by atoms with E-state index in [2.05, 4.69) is 25.3 Å². The Hall–Kier alpha value is -3.97. The molecule has 0 bridgehead atoms. The van der Waals surface area contributed by atoms with Crippen molar-refractivity contribution in [2.45, 2.75) is 31.6 Å². The summed E-state index contributed by atoms with van der Waals surface area (Å²) >= 11 is 1.29. The molecule has 1 saturated heterocycles. The van der Waals surface area contributed by atoms with E-state index in [1.165, 1.54) is 23.5 Å². The molecule has 0 aliphatic carbocycles. The Balaban J connectivity index is 1.36. The van der Waals surface area contributed by atoms with Gasteiger partial charge in [0.05, 0.1) is 25.5 Å². The van der Waals surface area contributed by atoms with Crippen molar-refractivity contribution < 1.29 is 32.6 Å². The SMILES string of the molecule is C[C@H]1C[C@H]2COC(NC(=O)c3ccccc3)=NC2(c2nc(NC(=O)c3ccc(OC(F)F)cn3)cs2)CO1. The van der Waals surface area contributed by atoms with Gasteiger partial charge in [0.2, 0.25) is 0 Å². The number of carbonyl (C=O) groups excluding carboxylic acids is 2. The van der Waals surface area contributed by atoms with Gasteiger partial charge < -0.3 is 19.5 Å². The molecule has 2 aliphatic heterocycles. The van der Waals surface area contributed by atoms with Crippen molar-refractivity contribution in [3.8, 4) is 5.75 Å². The van der Waals surface area contributed by atoms with E-state index in [-0.39, 0.29) is 47.8 Å². The van der Waals surface area contributed by atoms with Crippen LogP contribution in [0.1, 0.15) is 39.2 Å². The highest BCUT2D eigenvalue weighted by Gasteiger charge is 2.50. The van der Waals surface area contributed by atoms with Gasteiger partial charge in [-0.3, -0.25) is 14.9 Å². The second-order valence-electron chi connectivity index (χ2n) is 8.78. The fourth-order valence-electron chi connectivity index (χ4n) is 4.28. The average Bonchev–Trinajstić information content (AvgIpc) is 3.38. The third kappa shape index (κ3) is 5.48. The highest BCUT2D eigenvalue weighted by atomic mass is 32.1. The maximum absolute atomic E-state index is 12.7. The predicted molar refractivity (Wildman–Crippen MR) is 133 cm³/mol. The summed E-state index contributed by atoms with van der Waals surface area (Å²) in [4.78, 5) is 38.6. The third-order valence-electron chi connectivity index (χ3n) is 6.17. The molecular formula is C25H23F2N5O5S. The first kappa shape index (κ1) is 25.7. The van der Waals surface area contributed by atoms with E-state index in [1.807, 2.05) is 13.0 Å². The predicted octanol–water partition coefficient (Wildman–Crippen LogP) is 3.83. The molecule has 1 fully saturated rings. The van der Waals surface area contributed by atoms with Crippen molar-refractivity contribution in [1.82, 2.24) is 15.3 Å². The van der Waals surface area contributed by atoms with Crippen LogP contribution in [0.15, 0.2) is 59.0 Å². The smallest absolute Gasteiger partial charge is 0.387 e. The topological polar surface area (TPSA) is 124 Å². The third-order valence-corrected chi connectivity index (χ3v) is 7.18. The molecule has 38 heavy (non-hydrogen) atoms. The van der Waals surface area contributed by atoms with E-state index in [9.17, 15) is 18.4 Å². The first-order chi connectivity index (χ1) is 18.3. The van der Waals surface area contributed by atoms with Crippen LogP contribution in [-0.4, -0.2) is 53.7 Å². The molecule has 3 aromatic rings. The highest BCUT2D eigenvalue weighted by molar-refractivity contribution is 7.10. The van der Waals surface area contributed by atoms with E-state index >= 15 is 0 Å². The number of carbonyl (C=O) groups is 2. The first-order valence-electron chi connectivity index (χ1n) is 11.7. The van der Waals surface area contributed by atoms with Gasteiger partial charge in [0.1, 0.15) is 27.8 Å². The number of rotatable bonds is 6. The lowest BCUT2D eigenvalue weighted by molar-refractivity contribution is -0.0739. The van der Waals surface area contributed by atoms with Crippen LogP contribution in [0.5, 0.6) is 5.75 Å². The number of amides is 2. The summed E-state index contributed by atoms with van der Waals surface area (Å²) in [6.07, 6.45) is 1.70. The minimum absolute atomic E-state index is 0.00188. The van der Waals surface area contributed by atoms with E-state index in [0.717, 1.165) is 6.20 Å². The Morgan fingerprint density at radius 3 is 2.71 bits per heavy atom. The van der Waals surface area contributed by atoms with E-state index in [1.54, 1.807) is 29.6 Å². The number of amidine groups is 1. The van der Waals surface area contributed by atoms with E-state index in [0.29, 0.717) is 23.6 Å². The van der Waals surface area contributed by atoms with Gasteiger partial charge in [-0.05, 0) is 37.6 Å². The zero-order chi connectivity index (χ0) is 26.7. The Kier molecular flexibility index (Phi) is 7.29. The lowest BCUT2D eigenvalue weighted by Crippen LogP contribution is -2.52. The fourth-order valence-corrected chi connectivity index (χ4v) is 5.24. The zero-order valence-corrected chi connectivity index (χ0v) is 20.9. The van der Waals surface area contributed by atoms with E-state index < -0.39 is 18.1 Å². The summed E-state index contributed by atoms with van der Waals surface area (Å²) in [5.74, 6) is -0.876. The number of pyridine rings is 1. The number of ether oxygens (including phenoxy) is 3. The number of anilines is 1. The maximum Gasteiger partial charge on any atom is 0.387 e. The van der Waals surface area contributed by atoms with Gasteiger partial charge in [0.25, 0.3) is 17.8 Å². The monoisotopic (exact) mass is 543 g/mol.